The van der Waals surface area contributed by atoms with Gasteiger partial charge in [-0.15, -0.1) is 0 Å². The molecule has 2 aromatic carbocycles. The largest absolute Gasteiger partial charge is 0.292 e. The number of carbonyl (C=O) groups excluding carboxylic acids is 4. The molecule has 0 spiro atoms. The molecule has 2 fully saturated rings. The Hall–Kier alpha value is -3.88. The summed E-state index contributed by atoms with van der Waals surface area (Å²) in [5.41, 5.74) is 1.13. The van der Waals surface area contributed by atoms with Crippen molar-refractivity contribution in [3.05, 3.63) is 75.3 Å². The number of benzene rings is 2. The zero-order valence-electron chi connectivity index (χ0n) is 19.0. The number of Topliss-reactive ketones (excluding diaryl/α,β-unsaturated/α-hetero) is 1. The lowest BCUT2D eigenvalue weighted by Gasteiger charge is -2.34. The minimum atomic E-state index is -1.15. The second kappa shape index (κ2) is 9.17. The number of non-ortho nitro benzene ring substituents is 1. The maximum Gasteiger partial charge on any atom is 0.273 e. The molecule has 1 saturated carbocycles. The molecule has 1 aliphatic carbocycles. The number of amides is 3. The molecule has 0 aromatic heterocycles. The quantitative estimate of drug-likeness (QED) is 0.279. The first-order valence-corrected chi connectivity index (χ1v) is 11.3. The van der Waals surface area contributed by atoms with Crippen molar-refractivity contribution in [2.75, 3.05) is 0 Å². The number of hydrogen-bond acceptors (Lipinski definition) is 6. The highest BCUT2D eigenvalue weighted by Crippen LogP contribution is 2.39. The van der Waals surface area contributed by atoms with E-state index in [1.165, 1.54) is 31.2 Å². The number of ketones is 1. The lowest BCUT2D eigenvalue weighted by atomic mass is 9.81. The topological polar surface area (TPSA) is 118 Å². The van der Waals surface area contributed by atoms with Gasteiger partial charge in [0.25, 0.3) is 23.4 Å². The predicted octanol–water partition coefficient (Wildman–Crippen LogP) is 3.71. The summed E-state index contributed by atoms with van der Waals surface area (Å²) < 4.78 is 0. The van der Waals surface area contributed by atoms with E-state index < -0.39 is 46.3 Å². The number of carbonyl (C=O) groups is 4. The summed E-state index contributed by atoms with van der Waals surface area (Å²) >= 11 is 0. The van der Waals surface area contributed by atoms with E-state index in [-0.39, 0.29) is 11.3 Å². The van der Waals surface area contributed by atoms with Gasteiger partial charge in [0.1, 0.15) is 6.04 Å². The van der Waals surface area contributed by atoms with Crippen molar-refractivity contribution < 1.29 is 24.1 Å². The van der Waals surface area contributed by atoms with Gasteiger partial charge in [-0.2, -0.15) is 5.01 Å². The van der Waals surface area contributed by atoms with Gasteiger partial charge in [-0.25, -0.2) is 5.01 Å². The van der Waals surface area contributed by atoms with Crippen LogP contribution in [0, 0.1) is 28.9 Å². The second-order valence-corrected chi connectivity index (χ2v) is 8.85. The highest BCUT2D eigenvalue weighted by molar-refractivity contribution is 6.10. The molecule has 4 rings (SSSR count). The maximum absolute atomic E-state index is 13.6. The number of nitro benzene ring substituents is 1. The number of imide groups is 1. The number of fused-ring (bicyclic) bond motifs is 1. The van der Waals surface area contributed by atoms with Crippen molar-refractivity contribution in [2.24, 2.45) is 11.8 Å². The maximum atomic E-state index is 13.6. The van der Waals surface area contributed by atoms with Crippen LogP contribution in [0.2, 0.25) is 0 Å². The Bertz CT molecular complexity index is 1130. The number of hydrazine groups is 1. The van der Waals surface area contributed by atoms with Gasteiger partial charge in [0.05, 0.1) is 16.8 Å². The summed E-state index contributed by atoms with van der Waals surface area (Å²) in [5.74, 6) is -3.14. The van der Waals surface area contributed by atoms with Gasteiger partial charge in [0.15, 0.2) is 5.78 Å². The minimum Gasteiger partial charge on any atom is -0.292 e. The molecule has 1 aliphatic heterocycles. The molecule has 9 heteroatoms. The Balaban J connectivity index is 1.74. The van der Waals surface area contributed by atoms with Gasteiger partial charge < -0.3 is 0 Å². The van der Waals surface area contributed by atoms with Crippen molar-refractivity contribution in [1.82, 2.24) is 10.0 Å². The molecule has 1 heterocycles. The molecule has 1 saturated heterocycles. The normalized spacial score (nSPS) is 20.6. The van der Waals surface area contributed by atoms with Gasteiger partial charge in [-0.1, -0.05) is 42.7 Å². The summed E-state index contributed by atoms with van der Waals surface area (Å²) in [5, 5.41) is 12.8. The summed E-state index contributed by atoms with van der Waals surface area (Å²) in [6.07, 6.45) is 2.77. The van der Waals surface area contributed by atoms with Crippen molar-refractivity contribution in [3.8, 4) is 0 Å². The highest BCUT2D eigenvalue weighted by Gasteiger charge is 2.53. The lowest BCUT2D eigenvalue weighted by Crippen LogP contribution is -2.56. The lowest BCUT2D eigenvalue weighted by molar-refractivity contribution is -0.384. The summed E-state index contributed by atoms with van der Waals surface area (Å²) in [6.45, 7) is 3.36. The van der Waals surface area contributed by atoms with Crippen LogP contribution in [0.15, 0.2) is 48.5 Å². The molecule has 2 aromatic rings. The van der Waals surface area contributed by atoms with Gasteiger partial charge in [-0.3, -0.25) is 29.3 Å². The summed E-state index contributed by atoms with van der Waals surface area (Å²) in [4.78, 5) is 63.9. The molecule has 0 bridgehead atoms. The summed E-state index contributed by atoms with van der Waals surface area (Å²) in [7, 11) is 0. The van der Waals surface area contributed by atoms with E-state index in [4.69, 9.17) is 0 Å². The SMILES string of the molecule is Cc1ccc(C(=O)[C@H](C)N(C(=O)c2ccc([N+](=O)[O-])cc2)N2C(=O)[C@H]3CCCC[C@@H]3C2=O)cc1. The number of hydrogen-bond donors (Lipinski definition) is 0. The van der Waals surface area contributed by atoms with Crippen LogP contribution >= 0.6 is 0 Å². The summed E-state index contributed by atoms with van der Waals surface area (Å²) in [6, 6.07) is 10.5. The monoisotopic (exact) mass is 463 g/mol. The molecule has 0 N–H and O–H groups in total. The number of rotatable bonds is 6. The smallest absolute Gasteiger partial charge is 0.273 e. The van der Waals surface area contributed by atoms with Crippen LogP contribution in [0.4, 0.5) is 5.69 Å². The number of nitrogens with zero attached hydrogens (tertiary/aromatic N) is 3. The molecule has 9 nitrogen and oxygen atoms in total. The predicted molar refractivity (Wildman–Crippen MR) is 122 cm³/mol. The minimum absolute atomic E-state index is 0.0321. The Morgan fingerprint density at radius 3 is 1.94 bits per heavy atom. The number of nitro groups is 1. The van der Waals surface area contributed by atoms with Crippen molar-refractivity contribution in [1.29, 1.82) is 0 Å². The molecule has 34 heavy (non-hydrogen) atoms. The Morgan fingerprint density at radius 1 is 0.941 bits per heavy atom. The Kier molecular flexibility index (Phi) is 6.28. The third-order valence-corrected chi connectivity index (χ3v) is 6.65. The average Bonchev–Trinajstić information content (AvgIpc) is 3.09. The van der Waals surface area contributed by atoms with E-state index in [0.29, 0.717) is 18.4 Å². The van der Waals surface area contributed by atoms with Crippen LogP contribution in [0.3, 0.4) is 0 Å². The molecule has 0 radical (unpaired) electrons. The average molecular weight is 463 g/mol. The van der Waals surface area contributed by atoms with Gasteiger partial charge >= 0.3 is 0 Å². The van der Waals surface area contributed by atoms with Crippen LogP contribution in [0.1, 0.15) is 58.9 Å². The second-order valence-electron chi connectivity index (χ2n) is 8.85. The number of aryl methyl sites for hydroxylation is 1. The van der Waals surface area contributed by atoms with Gasteiger partial charge in [-0.05, 0) is 38.8 Å². The van der Waals surface area contributed by atoms with E-state index in [1.807, 2.05) is 6.92 Å². The van der Waals surface area contributed by atoms with E-state index in [1.54, 1.807) is 24.3 Å². The Labute approximate surface area is 196 Å². The fourth-order valence-corrected chi connectivity index (χ4v) is 4.73. The standard InChI is InChI=1S/C25H25N3O6/c1-15-7-9-17(10-8-15)22(29)16(2)26(23(30)18-11-13-19(14-12-18)28(33)34)27-24(31)20-5-3-4-6-21(20)25(27)32/h7-14,16,20-21H,3-6H2,1-2H3/t16-,20-,21-/m0/s1. The molecule has 2 aliphatic rings. The van der Waals surface area contributed by atoms with Gasteiger partial charge in [0.2, 0.25) is 0 Å². The zero-order valence-corrected chi connectivity index (χ0v) is 19.0. The van der Waals surface area contributed by atoms with Crippen molar-refractivity contribution >= 4 is 29.2 Å². The molecular formula is C25H25N3O6. The van der Waals surface area contributed by atoms with E-state index in [2.05, 4.69) is 0 Å². The molecule has 176 valence electrons. The third kappa shape index (κ3) is 4.09. The van der Waals surface area contributed by atoms with E-state index in [0.717, 1.165) is 28.4 Å². The first-order chi connectivity index (χ1) is 16.2. The van der Waals surface area contributed by atoms with Crippen LogP contribution in [-0.4, -0.2) is 44.5 Å². The third-order valence-electron chi connectivity index (χ3n) is 6.65. The highest BCUT2D eigenvalue weighted by atomic mass is 16.6. The molecule has 3 amide bonds. The van der Waals surface area contributed by atoms with Crippen LogP contribution in [-0.2, 0) is 9.59 Å². The van der Waals surface area contributed by atoms with E-state index in [9.17, 15) is 29.3 Å². The van der Waals surface area contributed by atoms with Crippen LogP contribution in [0.25, 0.3) is 0 Å². The first-order valence-electron chi connectivity index (χ1n) is 11.3. The Morgan fingerprint density at radius 2 is 1.44 bits per heavy atom. The molecule has 3 atom stereocenters. The fraction of sp³-hybridized carbons (Fsp3) is 0.360. The molecule has 0 unspecified atom stereocenters. The molecular weight excluding hydrogens is 438 g/mol. The van der Waals surface area contributed by atoms with Crippen LogP contribution < -0.4 is 0 Å². The van der Waals surface area contributed by atoms with Crippen molar-refractivity contribution in [2.45, 2.75) is 45.6 Å². The van der Waals surface area contributed by atoms with E-state index >= 15 is 0 Å². The van der Waals surface area contributed by atoms with Gasteiger partial charge in [0, 0.05) is 23.3 Å². The van der Waals surface area contributed by atoms with Crippen molar-refractivity contribution in [3.63, 3.8) is 0 Å². The van der Waals surface area contributed by atoms with Crippen LogP contribution in [0.5, 0.6) is 0 Å². The fourth-order valence-electron chi connectivity index (χ4n) is 4.73. The zero-order chi connectivity index (χ0) is 24.6. The first kappa shape index (κ1) is 23.3.